The van der Waals surface area contributed by atoms with Crippen LogP contribution in [0.25, 0.3) is 0 Å². The maximum atomic E-state index is 14.0. The molecule has 0 spiro atoms. The molecule has 7 heteroatoms. The largest absolute Gasteiger partial charge is 0.391 e. The van der Waals surface area contributed by atoms with Gasteiger partial charge in [0.1, 0.15) is 5.82 Å². The van der Waals surface area contributed by atoms with Crippen molar-refractivity contribution < 1.29 is 19.1 Å². The van der Waals surface area contributed by atoms with Crippen LogP contribution in [0.5, 0.6) is 0 Å². The van der Waals surface area contributed by atoms with Gasteiger partial charge in [-0.15, -0.1) is 0 Å². The first-order valence-corrected chi connectivity index (χ1v) is 7.83. The minimum Gasteiger partial charge on any atom is -0.391 e. The summed E-state index contributed by atoms with van der Waals surface area (Å²) in [5.74, 6) is -1.24. The number of carbonyl (C=O) groups excluding carboxylic acids is 2. The highest BCUT2D eigenvalue weighted by Crippen LogP contribution is 2.24. The fraction of sp³-hybridized carbons (Fsp3) is 0.500. The van der Waals surface area contributed by atoms with Crippen LogP contribution in [0.3, 0.4) is 0 Å². The van der Waals surface area contributed by atoms with Crippen molar-refractivity contribution in [3.63, 3.8) is 0 Å². The van der Waals surface area contributed by atoms with E-state index >= 15 is 0 Å². The Morgan fingerprint density at radius 3 is 2.91 bits per heavy atom. The summed E-state index contributed by atoms with van der Waals surface area (Å²) in [6, 6.07) is 4.14. The second-order valence-electron chi connectivity index (χ2n) is 6.01. The number of aliphatic hydroxyl groups is 1. The van der Waals surface area contributed by atoms with Crippen molar-refractivity contribution in [3.05, 3.63) is 29.6 Å². The predicted molar refractivity (Wildman–Crippen MR) is 82.7 cm³/mol. The minimum absolute atomic E-state index is 0.0110. The summed E-state index contributed by atoms with van der Waals surface area (Å²) in [5.41, 5.74) is 0.462. The van der Waals surface area contributed by atoms with E-state index in [0.29, 0.717) is 31.7 Å². The molecule has 2 fully saturated rings. The van der Waals surface area contributed by atoms with Crippen LogP contribution in [0.1, 0.15) is 23.2 Å². The van der Waals surface area contributed by atoms with Crippen LogP contribution in [0, 0.1) is 11.7 Å². The average Bonchev–Trinajstić information content (AvgIpc) is 3.14. The highest BCUT2D eigenvalue weighted by molar-refractivity contribution is 5.99. The SMILES string of the molecule is O=C(NCC1CNCC1O)c1cc(N2CCCC2=O)ccc1F. The van der Waals surface area contributed by atoms with Gasteiger partial charge in [-0.1, -0.05) is 0 Å². The molecule has 2 unspecified atom stereocenters. The number of rotatable bonds is 4. The number of carbonyl (C=O) groups is 2. The lowest BCUT2D eigenvalue weighted by atomic mass is 10.1. The molecule has 0 saturated carbocycles. The molecule has 2 amide bonds. The number of nitrogens with one attached hydrogen (secondary N) is 2. The number of hydrogen-bond acceptors (Lipinski definition) is 4. The van der Waals surface area contributed by atoms with E-state index in [-0.39, 0.29) is 23.9 Å². The molecular weight excluding hydrogens is 301 g/mol. The average molecular weight is 321 g/mol. The Labute approximate surface area is 133 Å². The summed E-state index contributed by atoms with van der Waals surface area (Å²) in [7, 11) is 0. The standard InChI is InChI=1S/C16H20FN3O3/c17-13-4-3-11(20-5-1-2-15(20)22)6-12(13)16(23)19-8-10-7-18-9-14(10)21/h3-4,6,10,14,18,21H,1-2,5,7-9H2,(H,19,23). The fourth-order valence-corrected chi connectivity index (χ4v) is 3.02. The molecule has 2 atom stereocenters. The normalized spacial score (nSPS) is 24.3. The summed E-state index contributed by atoms with van der Waals surface area (Å²) in [4.78, 5) is 25.6. The van der Waals surface area contributed by atoms with Crippen LogP contribution in [-0.2, 0) is 4.79 Å². The Hall–Kier alpha value is -1.99. The van der Waals surface area contributed by atoms with Crippen LogP contribution in [-0.4, -0.2) is 49.2 Å². The molecule has 1 aromatic carbocycles. The molecule has 3 rings (SSSR count). The van der Waals surface area contributed by atoms with Crippen LogP contribution < -0.4 is 15.5 Å². The molecule has 2 aliphatic rings. The molecule has 0 radical (unpaired) electrons. The van der Waals surface area contributed by atoms with E-state index in [4.69, 9.17) is 0 Å². The van der Waals surface area contributed by atoms with Gasteiger partial charge in [0.15, 0.2) is 0 Å². The van der Waals surface area contributed by atoms with Crippen molar-refractivity contribution in [2.45, 2.75) is 18.9 Å². The number of amides is 2. The summed E-state index contributed by atoms with van der Waals surface area (Å²) >= 11 is 0. The van der Waals surface area contributed by atoms with Crippen molar-refractivity contribution in [3.8, 4) is 0 Å². The molecule has 2 aliphatic heterocycles. The van der Waals surface area contributed by atoms with Crippen molar-refractivity contribution >= 4 is 17.5 Å². The second-order valence-corrected chi connectivity index (χ2v) is 6.01. The molecule has 0 aromatic heterocycles. The van der Waals surface area contributed by atoms with Gasteiger partial charge in [-0.3, -0.25) is 9.59 Å². The van der Waals surface area contributed by atoms with Crippen LogP contribution in [0.2, 0.25) is 0 Å². The maximum Gasteiger partial charge on any atom is 0.254 e. The topological polar surface area (TPSA) is 81.7 Å². The quantitative estimate of drug-likeness (QED) is 0.743. The van der Waals surface area contributed by atoms with Crippen molar-refractivity contribution in [2.24, 2.45) is 5.92 Å². The van der Waals surface area contributed by atoms with Crippen LogP contribution in [0.4, 0.5) is 10.1 Å². The first kappa shape index (κ1) is 15.9. The van der Waals surface area contributed by atoms with Crippen molar-refractivity contribution in [1.82, 2.24) is 10.6 Å². The van der Waals surface area contributed by atoms with Gasteiger partial charge in [0.05, 0.1) is 11.7 Å². The van der Waals surface area contributed by atoms with Crippen molar-refractivity contribution in [2.75, 3.05) is 31.1 Å². The van der Waals surface area contributed by atoms with Gasteiger partial charge in [-0.25, -0.2) is 4.39 Å². The Morgan fingerprint density at radius 2 is 2.26 bits per heavy atom. The van der Waals surface area contributed by atoms with E-state index < -0.39 is 17.8 Å². The smallest absolute Gasteiger partial charge is 0.254 e. The van der Waals surface area contributed by atoms with E-state index in [1.54, 1.807) is 4.90 Å². The lowest BCUT2D eigenvalue weighted by Gasteiger charge is -2.18. The molecular formula is C16H20FN3O3. The first-order valence-electron chi connectivity index (χ1n) is 7.83. The Balaban J connectivity index is 1.70. The number of halogens is 1. The Morgan fingerprint density at radius 1 is 1.43 bits per heavy atom. The molecule has 6 nitrogen and oxygen atoms in total. The van der Waals surface area contributed by atoms with Crippen LogP contribution in [0.15, 0.2) is 18.2 Å². The summed E-state index contributed by atoms with van der Waals surface area (Å²) < 4.78 is 14.0. The molecule has 2 saturated heterocycles. The van der Waals surface area contributed by atoms with E-state index in [2.05, 4.69) is 10.6 Å². The summed E-state index contributed by atoms with van der Waals surface area (Å²) in [5, 5.41) is 15.4. The van der Waals surface area contributed by atoms with Crippen molar-refractivity contribution in [1.29, 1.82) is 0 Å². The summed E-state index contributed by atoms with van der Waals surface area (Å²) in [6.07, 6.45) is 0.740. The number of hydrogen-bond donors (Lipinski definition) is 3. The van der Waals surface area contributed by atoms with Gasteiger partial charge in [0.2, 0.25) is 5.91 Å². The van der Waals surface area contributed by atoms with Gasteiger partial charge < -0.3 is 20.6 Å². The van der Waals surface area contributed by atoms with E-state index in [1.165, 1.54) is 18.2 Å². The molecule has 1 aromatic rings. The third-order valence-corrected chi connectivity index (χ3v) is 4.41. The van der Waals surface area contributed by atoms with Gasteiger partial charge in [0.25, 0.3) is 5.91 Å². The number of β-amino-alcohol motifs (C(OH)–C–C–N with tert-alkyl or cyclic N) is 1. The maximum absolute atomic E-state index is 14.0. The monoisotopic (exact) mass is 321 g/mol. The van der Waals surface area contributed by atoms with E-state index in [9.17, 15) is 19.1 Å². The molecule has 2 heterocycles. The van der Waals surface area contributed by atoms with Gasteiger partial charge in [0, 0.05) is 44.2 Å². The Kier molecular flexibility index (Phi) is 4.58. The molecule has 23 heavy (non-hydrogen) atoms. The number of benzene rings is 1. The molecule has 0 bridgehead atoms. The molecule has 3 N–H and O–H groups in total. The zero-order valence-corrected chi connectivity index (χ0v) is 12.7. The Bertz CT molecular complexity index is 623. The second kappa shape index (κ2) is 6.64. The third-order valence-electron chi connectivity index (χ3n) is 4.41. The van der Waals surface area contributed by atoms with E-state index in [0.717, 1.165) is 6.42 Å². The van der Waals surface area contributed by atoms with Crippen LogP contribution >= 0.6 is 0 Å². The summed E-state index contributed by atoms with van der Waals surface area (Å²) in [6.45, 7) is 1.98. The predicted octanol–water partition coefficient (Wildman–Crippen LogP) is 0.263. The van der Waals surface area contributed by atoms with Gasteiger partial charge in [-0.2, -0.15) is 0 Å². The lowest BCUT2D eigenvalue weighted by Crippen LogP contribution is -2.35. The number of anilines is 1. The zero-order valence-electron chi connectivity index (χ0n) is 12.7. The highest BCUT2D eigenvalue weighted by atomic mass is 19.1. The molecule has 0 aliphatic carbocycles. The first-order chi connectivity index (χ1) is 11.1. The lowest BCUT2D eigenvalue weighted by molar-refractivity contribution is -0.117. The zero-order chi connectivity index (χ0) is 16.4. The number of nitrogens with zero attached hydrogens (tertiary/aromatic N) is 1. The number of aliphatic hydroxyl groups excluding tert-OH is 1. The third kappa shape index (κ3) is 3.35. The van der Waals surface area contributed by atoms with Gasteiger partial charge >= 0.3 is 0 Å². The minimum atomic E-state index is -0.622. The van der Waals surface area contributed by atoms with E-state index in [1.807, 2.05) is 0 Å². The fourth-order valence-electron chi connectivity index (χ4n) is 3.02. The van der Waals surface area contributed by atoms with Gasteiger partial charge in [-0.05, 0) is 24.6 Å². The highest BCUT2D eigenvalue weighted by Gasteiger charge is 2.26. The molecule has 124 valence electrons.